The SMILES string of the molecule is COC(=O)c1ccc(Oc2cccc(OC)c2)cc1. The van der Waals surface area contributed by atoms with Gasteiger partial charge in [-0.05, 0) is 36.4 Å². The maximum atomic E-state index is 11.3. The van der Waals surface area contributed by atoms with Gasteiger partial charge in [-0.3, -0.25) is 0 Å². The number of hydrogen-bond donors (Lipinski definition) is 0. The minimum absolute atomic E-state index is 0.368. The van der Waals surface area contributed by atoms with Gasteiger partial charge in [0.15, 0.2) is 0 Å². The van der Waals surface area contributed by atoms with Gasteiger partial charge in [-0.15, -0.1) is 0 Å². The summed E-state index contributed by atoms with van der Waals surface area (Å²) in [5.41, 5.74) is 0.487. The second-order valence-electron chi connectivity index (χ2n) is 3.80. The zero-order chi connectivity index (χ0) is 13.7. The molecule has 0 aliphatic rings. The first-order valence-electron chi connectivity index (χ1n) is 5.73. The van der Waals surface area contributed by atoms with Crippen LogP contribution in [0.3, 0.4) is 0 Å². The Hall–Kier alpha value is -2.49. The fourth-order valence-corrected chi connectivity index (χ4v) is 1.58. The Kier molecular flexibility index (Phi) is 4.03. The van der Waals surface area contributed by atoms with Gasteiger partial charge in [-0.1, -0.05) is 6.07 Å². The van der Waals surface area contributed by atoms with Gasteiger partial charge in [0, 0.05) is 6.07 Å². The van der Waals surface area contributed by atoms with Gasteiger partial charge >= 0.3 is 5.97 Å². The van der Waals surface area contributed by atoms with Crippen molar-refractivity contribution in [3.63, 3.8) is 0 Å². The topological polar surface area (TPSA) is 44.8 Å². The Morgan fingerprint density at radius 1 is 0.895 bits per heavy atom. The molecule has 19 heavy (non-hydrogen) atoms. The molecule has 2 rings (SSSR count). The van der Waals surface area contributed by atoms with Crippen LogP contribution in [0, 0.1) is 0 Å². The van der Waals surface area contributed by atoms with E-state index in [1.165, 1.54) is 7.11 Å². The number of esters is 1. The minimum Gasteiger partial charge on any atom is -0.497 e. The summed E-state index contributed by atoms with van der Waals surface area (Å²) < 4.78 is 15.4. The fourth-order valence-electron chi connectivity index (χ4n) is 1.58. The zero-order valence-corrected chi connectivity index (χ0v) is 10.8. The molecule has 2 aromatic rings. The van der Waals surface area contributed by atoms with Crippen LogP contribution in [0.2, 0.25) is 0 Å². The van der Waals surface area contributed by atoms with Gasteiger partial charge in [-0.25, -0.2) is 4.79 Å². The van der Waals surface area contributed by atoms with E-state index in [2.05, 4.69) is 4.74 Å². The highest BCUT2D eigenvalue weighted by Gasteiger charge is 2.05. The van der Waals surface area contributed by atoms with Crippen molar-refractivity contribution in [2.45, 2.75) is 0 Å². The van der Waals surface area contributed by atoms with Gasteiger partial charge in [-0.2, -0.15) is 0 Å². The van der Waals surface area contributed by atoms with Gasteiger partial charge in [0.05, 0.1) is 19.8 Å². The van der Waals surface area contributed by atoms with Crippen LogP contribution in [0.4, 0.5) is 0 Å². The Morgan fingerprint density at radius 2 is 1.58 bits per heavy atom. The van der Waals surface area contributed by atoms with Gasteiger partial charge < -0.3 is 14.2 Å². The van der Waals surface area contributed by atoms with Crippen LogP contribution in [-0.4, -0.2) is 20.2 Å². The monoisotopic (exact) mass is 258 g/mol. The highest BCUT2D eigenvalue weighted by Crippen LogP contribution is 2.25. The van der Waals surface area contributed by atoms with E-state index in [9.17, 15) is 4.79 Å². The summed E-state index contributed by atoms with van der Waals surface area (Å²) in [6, 6.07) is 14.0. The lowest BCUT2D eigenvalue weighted by atomic mass is 10.2. The van der Waals surface area contributed by atoms with Crippen molar-refractivity contribution >= 4 is 5.97 Å². The molecule has 0 atom stereocenters. The van der Waals surface area contributed by atoms with E-state index < -0.39 is 0 Å². The van der Waals surface area contributed by atoms with E-state index in [0.717, 1.165) is 5.75 Å². The Morgan fingerprint density at radius 3 is 2.21 bits per heavy atom. The largest absolute Gasteiger partial charge is 0.497 e. The van der Waals surface area contributed by atoms with Gasteiger partial charge in [0.25, 0.3) is 0 Å². The first-order chi connectivity index (χ1) is 9.22. The summed E-state index contributed by atoms with van der Waals surface area (Å²) in [7, 11) is 2.95. The van der Waals surface area contributed by atoms with Crippen LogP contribution in [-0.2, 0) is 4.74 Å². The van der Waals surface area contributed by atoms with Crippen molar-refractivity contribution in [3.05, 3.63) is 54.1 Å². The maximum absolute atomic E-state index is 11.3. The molecule has 0 saturated heterocycles. The molecule has 0 fully saturated rings. The lowest BCUT2D eigenvalue weighted by Gasteiger charge is -2.07. The van der Waals surface area contributed by atoms with E-state index >= 15 is 0 Å². The fraction of sp³-hybridized carbons (Fsp3) is 0.133. The number of ether oxygens (including phenoxy) is 3. The van der Waals surface area contributed by atoms with Gasteiger partial charge in [0.2, 0.25) is 0 Å². The Balaban J connectivity index is 2.12. The summed E-state index contributed by atoms with van der Waals surface area (Å²) >= 11 is 0. The highest BCUT2D eigenvalue weighted by molar-refractivity contribution is 5.89. The maximum Gasteiger partial charge on any atom is 0.337 e. The molecule has 0 aliphatic heterocycles. The van der Waals surface area contributed by atoms with Crippen LogP contribution in [0.15, 0.2) is 48.5 Å². The van der Waals surface area contributed by atoms with Crippen molar-refractivity contribution in [2.75, 3.05) is 14.2 Å². The molecule has 4 nitrogen and oxygen atoms in total. The van der Waals surface area contributed by atoms with E-state index in [1.807, 2.05) is 18.2 Å². The molecule has 0 radical (unpaired) electrons. The predicted molar refractivity (Wildman–Crippen MR) is 70.8 cm³/mol. The van der Waals surface area contributed by atoms with E-state index in [4.69, 9.17) is 9.47 Å². The molecule has 0 amide bonds. The van der Waals surface area contributed by atoms with Crippen LogP contribution in [0.5, 0.6) is 17.2 Å². The Bertz CT molecular complexity index is 561. The molecule has 2 aromatic carbocycles. The lowest BCUT2D eigenvalue weighted by molar-refractivity contribution is 0.0600. The molecule has 0 aromatic heterocycles. The minimum atomic E-state index is -0.368. The lowest BCUT2D eigenvalue weighted by Crippen LogP contribution is -2.00. The van der Waals surface area contributed by atoms with Crippen molar-refractivity contribution in [3.8, 4) is 17.2 Å². The van der Waals surface area contributed by atoms with Crippen LogP contribution in [0.25, 0.3) is 0 Å². The highest BCUT2D eigenvalue weighted by atomic mass is 16.5. The molecule has 0 bridgehead atoms. The third-order valence-electron chi connectivity index (χ3n) is 2.55. The number of carbonyl (C=O) groups is 1. The summed E-state index contributed by atoms with van der Waals surface area (Å²) in [6.07, 6.45) is 0. The van der Waals surface area contributed by atoms with Crippen LogP contribution < -0.4 is 9.47 Å². The molecule has 0 aliphatic carbocycles. The first-order valence-corrected chi connectivity index (χ1v) is 5.73. The second-order valence-corrected chi connectivity index (χ2v) is 3.80. The van der Waals surface area contributed by atoms with Crippen molar-refractivity contribution in [1.82, 2.24) is 0 Å². The van der Waals surface area contributed by atoms with Crippen molar-refractivity contribution in [1.29, 1.82) is 0 Å². The third-order valence-corrected chi connectivity index (χ3v) is 2.55. The average Bonchev–Trinajstić information content (AvgIpc) is 2.47. The molecule has 98 valence electrons. The predicted octanol–water partition coefficient (Wildman–Crippen LogP) is 3.27. The molecule has 0 saturated carbocycles. The quantitative estimate of drug-likeness (QED) is 0.789. The number of methoxy groups -OCH3 is 2. The normalized spacial score (nSPS) is 9.79. The molecule has 4 heteroatoms. The molecule has 0 spiro atoms. The van der Waals surface area contributed by atoms with Crippen molar-refractivity contribution < 1.29 is 19.0 Å². The number of benzene rings is 2. The summed E-state index contributed by atoms with van der Waals surface area (Å²) in [6.45, 7) is 0. The molecular weight excluding hydrogens is 244 g/mol. The zero-order valence-electron chi connectivity index (χ0n) is 10.8. The van der Waals surface area contributed by atoms with Crippen molar-refractivity contribution in [2.24, 2.45) is 0 Å². The van der Waals surface area contributed by atoms with Gasteiger partial charge in [0.1, 0.15) is 17.2 Å². The average molecular weight is 258 g/mol. The number of hydrogen-bond acceptors (Lipinski definition) is 4. The molecule has 0 N–H and O–H groups in total. The summed E-state index contributed by atoms with van der Waals surface area (Å²) in [4.78, 5) is 11.3. The second kappa shape index (κ2) is 5.91. The van der Waals surface area contributed by atoms with E-state index in [0.29, 0.717) is 17.1 Å². The molecule has 0 unspecified atom stereocenters. The third kappa shape index (κ3) is 3.25. The summed E-state index contributed by atoms with van der Waals surface area (Å²) in [5.74, 6) is 1.67. The van der Waals surface area contributed by atoms with E-state index in [1.54, 1.807) is 37.4 Å². The molecule has 0 heterocycles. The van der Waals surface area contributed by atoms with Crippen LogP contribution in [0.1, 0.15) is 10.4 Å². The molecular formula is C15H14O4. The van der Waals surface area contributed by atoms with E-state index in [-0.39, 0.29) is 5.97 Å². The standard InChI is InChI=1S/C15H14O4/c1-17-13-4-3-5-14(10-13)19-12-8-6-11(7-9-12)15(16)18-2/h3-10H,1-2H3. The smallest absolute Gasteiger partial charge is 0.337 e. The number of rotatable bonds is 4. The first kappa shape index (κ1) is 13.0. The van der Waals surface area contributed by atoms with Crippen LogP contribution >= 0.6 is 0 Å². The summed E-state index contributed by atoms with van der Waals surface area (Å²) in [5, 5.41) is 0. The number of carbonyl (C=O) groups excluding carboxylic acids is 1. The Labute approximate surface area is 111 Å².